The number of halogens is 2. The minimum atomic E-state index is -3.63. The van der Waals surface area contributed by atoms with Crippen molar-refractivity contribution >= 4 is 16.1 Å². The van der Waals surface area contributed by atoms with Crippen molar-refractivity contribution in [1.29, 1.82) is 0 Å². The molecule has 6 heterocycles. The average molecular weight is 598 g/mol. The quantitative estimate of drug-likeness (QED) is 0.473. The number of aromatic nitrogens is 1. The molecule has 1 aromatic heterocycles. The van der Waals surface area contributed by atoms with Gasteiger partial charge in [0.25, 0.3) is 16.1 Å². The third-order valence-electron chi connectivity index (χ3n) is 10.5. The van der Waals surface area contributed by atoms with Gasteiger partial charge in [-0.15, -0.1) is 0 Å². The van der Waals surface area contributed by atoms with E-state index in [4.69, 9.17) is 9.26 Å². The van der Waals surface area contributed by atoms with Crippen LogP contribution in [0.5, 0.6) is 0 Å². The van der Waals surface area contributed by atoms with Gasteiger partial charge < -0.3 is 19.9 Å². The average Bonchev–Trinajstić information content (AvgIpc) is 3.56. The standard InChI is InChI=1S/C28H41F2N5O5S/c29-28(30)7-5-17(6-8-28)14-31-19-9-21-1-2-22(10-19)34(21)41(37,38)35-23-3-4-24(35)12-20(11-23)32-27(36)25-13-26(40-33-25)18-15-39-16-18/h13,17-24,31H,1-12,14-16H2,(H,32,36)/t19?,20?,21-,22+,23-,24+. The molecule has 228 valence electrons. The predicted molar refractivity (Wildman–Crippen MR) is 145 cm³/mol. The highest BCUT2D eigenvalue weighted by molar-refractivity contribution is 7.86. The maximum atomic E-state index is 14.1. The van der Waals surface area contributed by atoms with Gasteiger partial charge in [0.2, 0.25) is 5.92 Å². The third-order valence-corrected chi connectivity index (χ3v) is 12.8. The Hall–Kier alpha value is -1.67. The highest BCUT2D eigenvalue weighted by atomic mass is 32.2. The molecule has 5 saturated heterocycles. The van der Waals surface area contributed by atoms with Crippen molar-refractivity contribution in [1.82, 2.24) is 24.4 Å². The molecule has 1 amide bonds. The van der Waals surface area contributed by atoms with Gasteiger partial charge in [-0.25, -0.2) is 8.78 Å². The van der Waals surface area contributed by atoms with Gasteiger partial charge in [0, 0.05) is 55.2 Å². The number of hydrogen-bond acceptors (Lipinski definition) is 7. The van der Waals surface area contributed by atoms with E-state index in [1.165, 1.54) is 0 Å². The first-order chi connectivity index (χ1) is 19.7. The molecule has 7 rings (SSSR count). The zero-order valence-corrected chi connectivity index (χ0v) is 24.2. The maximum absolute atomic E-state index is 14.1. The van der Waals surface area contributed by atoms with Crippen LogP contribution in [0.25, 0.3) is 0 Å². The number of nitrogens with zero attached hydrogens (tertiary/aromatic N) is 3. The normalized spacial score (nSPS) is 36.3. The van der Waals surface area contributed by atoms with Crippen molar-refractivity contribution in [2.24, 2.45) is 5.92 Å². The number of alkyl halides is 2. The Morgan fingerprint density at radius 1 is 0.927 bits per heavy atom. The molecular formula is C28H41F2N5O5S. The Balaban J connectivity index is 0.944. The molecule has 6 aliphatic rings. The fourth-order valence-electron chi connectivity index (χ4n) is 8.30. The van der Waals surface area contributed by atoms with Crippen LogP contribution in [0, 0.1) is 5.92 Å². The van der Waals surface area contributed by atoms with E-state index in [1.54, 1.807) is 14.7 Å². The number of carbonyl (C=O) groups is 1. The largest absolute Gasteiger partial charge is 0.380 e. The summed E-state index contributed by atoms with van der Waals surface area (Å²) in [5.74, 6) is -1.71. The summed E-state index contributed by atoms with van der Waals surface area (Å²) in [6, 6.07) is 1.52. The second kappa shape index (κ2) is 10.8. The molecule has 1 saturated carbocycles. The summed E-state index contributed by atoms with van der Waals surface area (Å²) >= 11 is 0. The van der Waals surface area contributed by atoms with Gasteiger partial charge in [0.05, 0.1) is 19.1 Å². The Morgan fingerprint density at radius 3 is 2.02 bits per heavy atom. The molecule has 2 unspecified atom stereocenters. The van der Waals surface area contributed by atoms with Crippen molar-refractivity contribution in [2.75, 3.05) is 19.8 Å². The number of carbonyl (C=O) groups excluding carboxylic acids is 1. The number of fused-ring (bicyclic) bond motifs is 4. The summed E-state index contributed by atoms with van der Waals surface area (Å²) in [6.07, 6.45) is 7.12. The first-order valence-electron chi connectivity index (χ1n) is 15.4. The summed E-state index contributed by atoms with van der Waals surface area (Å²) in [5.41, 5.74) is 0.253. The number of hydrogen-bond donors (Lipinski definition) is 2. The number of nitrogens with one attached hydrogen (secondary N) is 2. The summed E-state index contributed by atoms with van der Waals surface area (Å²) in [4.78, 5) is 12.9. The second-order valence-corrected chi connectivity index (χ2v) is 15.0. The van der Waals surface area contributed by atoms with Gasteiger partial charge in [-0.1, -0.05) is 5.16 Å². The predicted octanol–water partition coefficient (Wildman–Crippen LogP) is 3.17. The summed E-state index contributed by atoms with van der Waals surface area (Å²) in [5, 5.41) is 10.6. The lowest BCUT2D eigenvalue weighted by molar-refractivity contribution is -0.0458. The Labute approximate surface area is 240 Å². The van der Waals surface area contributed by atoms with Crippen molar-refractivity contribution < 1.29 is 31.3 Å². The Kier molecular flexibility index (Phi) is 7.41. The summed E-state index contributed by atoms with van der Waals surface area (Å²) < 4.78 is 69.4. The first kappa shape index (κ1) is 28.1. The van der Waals surface area contributed by atoms with Crippen molar-refractivity contribution in [2.45, 2.75) is 125 Å². The van der Waals surface area contributed by atoms with Gasteiger partial charge in [-0.2, -0.15) is 17.0 Å². The SMILES string of the molecule is O=C(NC1C[C@H]2CC[C@@H](C1)N2S(=O)(=O)N1[C@@H]2CC[C@H]1CC(NCC1CCC(F)(F)CC1)C2)c1cc(C2COC2)on1. The number of amides is 1. The highest BCUT2D eigenvalue weighted by Gasteiger charge is 2.54. The molecule has 4 bridgehead atoms. The molecule has 2 N–H and O–H groups in total. The molecule has 6 atom stereocenters. The molecule has 0 spiro atoms. The molecular weight excluding hydrogens is 556 g/mol. The van der Waals surface area contributed by atoms with Crippen LogP contribution < -0.4 is 10.6 Å². The van der Waals surface area contributed by atoms with E-state index in [1.807, 2.05) is 0 Å². The van der Waals surface area contributed by atoms with Gasteiger partial charge in [0.1, 0.15) is 5.76 Å². The van der Waals surface area contributed by atoms with Crippen LogP contribution in [-0.4, -0.2) is 90.0 Å². The monoisotopic (exact) mass is 597 g/mol. The van der Waals surface area contributed by atoms with E-state index < -0.39 is 16.1 Å². The van der Waals surface area contributed by atoms with E-state index in [-0.39, 0.29) is 72.5 Å². The van der Waals surface area contributed by atoms with Gasteiger partial charge in [0.15, 0.2) is 5.69 Å². The van der Waals surface area contributed by atoms with E-state index >= 15 is 0 Å². The van der Waals surface area contributed by atoms with E-state index in [9.17, 15) is 22.0 Å². The third kappa shape index (κ3) is 5.45. The van der Waals surface area contributed by atoms with Crippen LogP contribution in [0.2, 0.25) is 0 Å². The fraction of sp³-hybridized carbons (Fsp3) is 0.857. The zero-order chi connectivity index (χ0) is 28.4. The van der Waals surface area contributed by atoms with Crippen LogP contribution in [0.1, 0.15) is 99.2 Å². The first-order valence-corrected chi connectivity index (χ1v) is 16.8. The Bertz CT molecular complexity index is 1200. The van der Waals surface area contributed by atoms with E-state index in [0.29, 0.717) is 44.7 Å². The summed E-state index contributed by atoms with van der Waals surface area (Å²) in [7, 11) is -3.63. The van der Waals surface area contributed by atoms with Crippen molar-refractivity contribution in [3.63, 3.8) is 0 Å². The van der Waals surface area contributed by atoms with Crippen LogP contribution in [-0.2, 0) is 14.9 Å². The van der Waals surface area contributed by atoms with Crippen LogP contribution in [0.4, 0.5) is 8.78 Å². The number of rotatable bonds is 8. The van der Waals surface area contributed by atoms with Crippen LogP contribution >= 0.6 is 0 Å². The summed E-state index contributed by atoms with van der Waals surface area (Å²) in [6.45, 7) is 1.89. The van der Waals surface area contributed by atoms with Gasteiger partial charge in [-0.3, -0.25) is 4.79 Å². The molecule has 0 aromatic carbocycles. The highest BCUT2D eigenvalue weighted by Crippen LogP contribution is 2.45. The fourth-order valence-corrected chi connectivity index (χ4v) is 10.8. The molecule has 6 fully saturated rings. The second-order valence-electron chi connectivity index (χ2n) is 13.3. The Morgan fingerprint density at radius 2 is 1.49 bits per heavy atom. The van der Waals surface area contributed by atoms with Crippen LogP contribution in [0.15, 0.2) is 10.6 Å². The molecule has 5 aliphatic heterocycles. The van der Waals surface area contributed by atoms with Gasteiger partial charge in [-0.05, 0) is 76.7 Å². The molecule has 41 heavy (non-hydrogen) atoms. The van der Waals surface area contributed by atoms with E-state index in [0.717, 1.165) is 45.1 Å². The number of ether oxygens (including phenoxy) is 1. The minimum Gasteiger partial charge on any atom is -0.380 e. The van der Waals surface area contributed by atoms with E-state index in [2.05, 4.69) is 15.8 Å². The molecule has 0 radical (unpaired) electrons. The van der Waals surface area contributed by atoms with Crippen LogP contribution in [0.3, 0.4) is 0 Å². The minimum absolute atomic E-state index is 0.0220. The molecule has 1 aromatic rings. The van der Waals surface area contributed by atoms with Crippen molar-refractivity contribution in [3.8, 4) is 0 Å². The lowest BCUT2D eigenvalue weighted by Crippen LogP contribution is -2.60. The molecule has 13 heteroatoms. The lowest BCUT2D eigenvalue weighted by atomic mass is 9.86. The van der Waals surface area contributed by atoms with Gasteiger partial charge >= 0.3 is 0 Å². The van der Waals surface area contributed by atoms with Crippen molar-refractivity contribution in [3.05, 3.63) is 17.5 Å². The zero-order valence-electron chi connectivity index (χ0n) is 23.3. The maximum Gasteiger partial charge on any atom is 0.283 e. The topological polar surface area (TPSA) is 117 Å². The molecule has 10 nitrogen and oxygen atoms in total. The number of piperidine rings is 2. The molecule has 1 aliphatic carbocycles. The lowest BCUT2D eigenvalue weighted by Gasteiger charge is -2.45. The smallest absolute Gasteiger partial charge is 0.283 e.